The lowest BCUT2D eigenvalue weighted by molar-refractivity contribution is -0.173. The third kappa shape index (κ3) is 4.21. The number of carbonyl (C=O) groups excluding carboxylic acids is 1. The molecule has 2 aliphatic heterocycles. The van der Waals surface area contributed by atoms with Crippen LogP contribution in [0.25, 0.3) is 0 Å². The summed E-state index contributed by atoms with van der Waals surface area (Å²) in [6, 6.07) is 6.74. The number of methoxy groups -OCH3 is 2. The largest absolute Gasteiger partial charge is 0.493 e. The number of hydrogen-bond donors (Lipinski definition) is 2. The lowest BCUT2D eigenvalue weighted by atomic mass is 9.96. The van der Waals surface area contributed by atoms with Gasteiger partial charge >= 0.3 is 6.18 Å². The van der Waals surface area contributed by atoms with Crippen molar-refractivity contribution in [3.63, 3.8) is 0 Å². The summed E-state index contributed by atoms with van der Waals surface area (Å²) in [5.41, 5.74) is 0.519. The fourth-order valence-corrected chi connectivity index (χ4v) is 4.45. The van der Waals surface area contributed by atoms with Crippen molar-refractivity contribution in [1.29, 1.82) is 0 Å². The van der Waals surface area contributed by atoms with E-state index in [1.54, 1.807) is 30.3 Å². The van der Waals surface area contributed by atoms with E-state index in [0.29, 0.717) is 38.9 Å². The van der Waals surface area contributed by atoms with E-state index in [4.69, 9.17) is 30.5 Å². The molecule has 0 saturated heterocycles. The number of aromatic nitrogens is 2. The van der Waals surface area contributed by atoms with Crippen LogP contribution in [-0.4, -0.2) is 42.9 Å². The minimum Gasteiger partial charge on any atom is -0.493 e. The molecule has 190 valence electrons. The minimum absolute atomic E-state index is 0.0536. The molecule has 2 N–H and O–H groups in total. The van der Waals surface area contributed by atoms with Crippen molar-refractivity contribution in [3.05, 3.63) is 52.7 Å². The molecule has 0 radical (unpaired) electrons. The van der Waals surface area contributed by atoms with E-state index in [1.807, 2.05) is 0 Å². The number of nitrogens with one attached hydrogen (secondary N) is 2. The van der Waals surface area contributed by atoms with Crippen molar-refractivity contribution in [2.45, 2.75) is 24.7 Å². The van der Waals surface area contributed by atoms with Crippen molar-refractivity contribution in [3.8, 4) is 23.0 Å². The average molecular weight is 525 g/mol. The van der Waals surface area contributed by atoms with Gasteiger partial charge < -0.3 is 29.6 Å². The summed E-state index contributed by atoms with van der Waals surface area (Å²) in [4.78, 5) is 12.9. The summed E-state index contributed by atoms with van der Waals surface area (Å²) in [6.07, 6.45) is -5.03. The predicted molar refractivity (Wildman–Crippen MR) is 123 cm³/mol. The van der Waals surface area contributed by atoms with Gasteiger partial charge in [-0.3, -0.25) is 4.79 Å². The molecule has 1 amide bonds. The highest BCUT2D eigenvalue weighted by molar-refractivity contribution is 6.36. The Hall–Kier alpha value is -3.80. The van der Waals surface area contributed by atoms with Crippen LogP contribution >= 0.6 is 11.6 Å². The first-order valence-electron chi connectivity index (χ1n) is 10.7. The molecule has 1 aromatic heterocycles. The van der Waals surface area contributed by atoms with Crippen LogP contribution in [0.5, 0.6) is 23.0 Å². The highest BCUT2D eigenvalue weighted by Crippen LogP contribution is 2.47. The van der Waals surface area contributed by atoms with Crippen LogP contribution in [0, 0.1) is 0 Å². The smallest absolute Gasteiger partial charge is 0.410 e. The van der Waals surface area contributed by atoms with Gasteiger partial charge in [-0.1, -0.05) is 17.7 Å². The van der Waals surface area contributed by atoms with Gasteiger partial charge in [-0.15, -0.1) is 0 Å². The standard InChI is InChI=1S/C23H20ClF3N4O5/c1-33-14-5-3-11(7-16(14)34-2)13-9-18(23(25,26)27)31-21(29-13)19(24)20(30-31)22(32)28-12-4-6-15-17(8-12)36-10-35-15/h3-8,13,18,29H,9-10H2,1-2H3,(H,28,32)/t13-,18-/m1/s1. The molecular weight excluding hydrogens is 505 g/mol. The first-order valence-corrected chi connectivity index (χ1v) is 11.1. The van der Waals surface area contributed by atoms with E-state index >= 15 is 0 Å². The molecule has 0 spiro atoms. The Kier molecular flexibility index (Phi) is 5.99. The van der Waals surface area contributed by atoms with E-state index in [2.05, 4.69) is 15.7 Å². The topological polar surface area (TPSA) is 95.9 Å². The Morgan fingerprint density at radius 2 is 1.89 bits per heavy atom. The molecule has 13 heteroatoms. The molecule has 9 nitrogen and oxygen atoms in total. The summed E-state index contributed by atoms with van der Waals surface area (Å²) >= 11 is 6.41. The number of ether oxygens (including phenoxy) is 4. The third-order valence-electron chi connectivity index (χ3n) is 5.95. The second-order valence-electron chi connectivity index (χ2n) is 8.08. The van der Waals surface area contributed by atoms with Crippen LogP contribution in [0.15, 0.2) is 36.4 Å². The number of carbonyl (C=O) groups is 1. The Labute approximate surface area is 208 Å². The number of anilines is 2. The zero-order valence-corrected chi connectivity index (χ0v) is 19.7. The molecule has 36 heavy (non-hydrogen) atoms. The van der Waals surface area contributed by atoms with Crippen molar-refractivity contribution < 1.29 is 36.9 Å². The van der Waals surface area contributed by atoms with Gasteiger partial charge in [0, 0.05) is 18.2 Å². The maximum atomic E-state index is 14.1. The first-order chi connectivity index (χ1) is 17.2. The number of fused-ring (bicyclic) bond motifs is 2. The van der Waals surface area contributed by atoms with Gasteiger partial charge in [0.05, 0.1) is 20.3 Å². The van der Waals surface area contributed by atoms with Crippen LogP contribution in [0.3, 0.4) is 0 Å². The van der Waals surface area contributed by atoms with Crippen molar-refractivity contribution in [1.82, 2.24) is 9.78 Å². The summed E-state index contributed by atoms with van der Waals surface area (Å²) in [5, 5.41) is 9.31. The molecule has 5 rings (SSSR count). The number of hydrogen-bond acceptors (Lipinski definition) is 7. The molecule has 0 aliphatic carbocycles. The van der Waals surface area contributed by atoms with Crippen LogP contribution in [0.2, 0.25) is 5.02 Å². The van der Waals surface area contributed by atoms with Crippen molar-refractivity contribution in [2.75, 3.05) is 31.6 Å². The Balaban J connectivity index is 1.47. The Morgan fingerprint density at radius 3 is 2.61 bits per heavy atom. The molecule has 2 aromatic carbocycles. The lowest BCUT2D eigenvalue weighted by Gasteiger charge is -2.33. The van der Waals surface area contributed by atoms with E-state index in [1.165, 1.54) is 20.3 Å². The number of nitrogens with zero attached hydrogens (tertiary/aromatic N) is 2. The van der Waals surface area contributed by atoms with Crippen molar-refractivity contribution >= 4 is 29.0 Å². The predicted octanol–water partition coefficient (Wildman–Crippen LogP) is 5.20. The zero-order valence-electron chi connectivity index (χ0n) is 19.0. The quantitative estimate of drug-likeness (QED) is 0.474. The molecule has 0 bridgehead atoms. The van der Waals surface area contributed by atoms with E-state index in [-0.39, 0.29) is 29.7 Å². The Bertz CT molecular complexity index is 1330. The number of alkyl halides is 3. The van der Waals surface area contributed by atoms with Gasteiger partial charge in [0.2, 0.25) is 6.79 Å². The monoisotopic (exact) mass is 524 g/mol. The SMILES string of the molecule is COc1ccc([C@H]2C[C@H](C(F)(F)F)n3nc(C(=O)Nc4ccc5c(c4)OCO5)c(Cl)c3N2)cc1OC. The lowest BCUT2D eigenvalue weighted by Crippen LogP contribution is -2.35. The van der Waals surface area contributed by atoms with Crippen molar-refractivity contribution in [2.24, 2.45) is 0 Å². The maximum Gasteiger partial charge on any atom is 0.410 e. The number of halogens is 4. The summed E-state index contributed by atoms with van der Waals surface area (Å²) in [7, 11) is 2.90. The van der Waals surface area contributed by atoms with E-state index in [0.717, 1.165) is 0 Å². The van der Waals surface area contributed by atoms with E-state index in [9.17, 15) is 18.0 Å². The fourth-order valence-electron chi connectivity index (χ4n) is 4.19. The van der Waals surface area contributed by atoms with Gasteiger partial charge in [0.1, 0.15) is 10.8 Å². The molecule has 2 atom stereocenters. The molecule has 0 saturated carbocycles. The van der Waals surface area contributed by atoms with Gasteiger partial charge in [-0.25, -0.2) is 4.68 Å². The highest BCUT2D eigenvalue weighted by atomic mass is 35.5. The average Bonchev–Trinajstić information content (AvgIpc) is 3.46. The summed E-state index contributed by atoms with van der Waals surface area (Å²) in [6.45, 7) is 0.0536. The third-order valence-corrected chi connectivity index (χ3v) is 6.31. The second-order valence-corrected chi connectivity index (χ2v) is 8.46. The van der Waals surface area contributed by atoms with E-state index < -0.39 is 24.2 Å². The van der Waals surface area contributed by atoms with Crippen LogP contribution < -0.4 is 29.6 Å². The number of benzene rings is 2. The van der Waals surface area contributed by atoms with Gasteiger partial charge in [0.25, 0.3) is 5.91 Å². The van der Waals surface area contributed by atoms with Gasteiger partial charge in [-0.2, -0.15) is 18.3 Å². The Morgan fingerprint density at radius 1 is 1.14 bits per heavy atom. The van der Waals surface area contributed by atoms with Crippen LogP contribution in [0.1, 0.15) is 34.6 Å². The molecule has 0 unspecified atom stereocenters. The fraction of sp³-hybridized carbons (Fsp3) is 0.304. The molecule has 2 aliphatic rings. The zero-order chi connectivity index (χ0) is 25.6. The van der Waals surface area contributed by atoms with Crippen LogP contribution in [-0.2, 0) is 0 Å². The maximum absolute atomic E-state index is 14.1. The normalized spacial score (nSPS) is 18.3. The number of rotatable bonds is 5. The van der Waals surface area contributed by atoms with Crippen LogP contribution in [0.4, 0.5) is 24.7 Å². The molecular formula is C23H20ClF3N4O5. The second kappa shape index (κ2) is 9.01. The minimum atomic E-state index is -4.65. The van der Waals surface area contributed by atoms with Gasteiger partial charge in [0.15, 0.2) is 34.7 Å². The summed E-state index contributed by atoms with van der Waals surface area (Å²) in [5.74, 6) is 0.873. The molecule has 0 fully saturated rings. The summed E-state index contributed by atoms with van der Waals surface area (Å²) < 4.78 is 64.0. The highest BCUT2D eigenvalue weighted by Gasteiger charge is 2.48. The number of amides is 1. The first kappa shape index (κ1) is 23.9. The van der Waals surface area contributed by atoms with Gasteiger partial charge in [-0.05, 0) is 29.8 Å². The molecule has 3 heterocycles. The molecule has 3 aromatic rings.